The fourth-order valence-electron chi connectivity index (χ4n) is 2.44. The van der Waals surface area contributed by atoms with Gasteiger partial charge in [0.25, 0.3) is 0 Å². The number of hydrogen-bond acceptors (Lipinski definition) is 2. The summed E-state index contributed by atoms with van der Waals surface area (Å²) in [6.45, 7) is 2.49. The van der Waals surface area contributed by atoms with Crippen LogP contribution >= 0.6 is 0 Å². The largest absolute Gasteiger partial charge is 0.314 e. The number of rotatable bonds is 5. The molecule has 1 atom stereocenters. The minimum atomic E-state index is 0.826. The maximum Gasteiger partial charge on any atom is 0.00675 e. The van der Waals surface area contributed by atoms with Crippen molar-refractivity contribution >= 4 is 0 Å². The van der Waals surface area contributed by atoms with Crippen LogP contribution in [0.3, 0.4) is 0 Å². The van der Waals surface area contributed by atoms with E-state index in [9.17, 15) is 0 Å². The summed E-state index contributed by atoms with van der Waals surface area (Å²) in [6, 6.07) is 1.70. The van der Waals surface area contributed by atoms with Crippen LogP contribution in [0.2, 0.25) is 0 Å². The summed E-state index contributed by atoms with van der Waals surface area (Å²) in [7, 11) is 0. The summed E-state index contributed by atoms with van der Waals surface area (Å²) in [5.74, 6) is 0. The summed E-state index contributed by atoms with van der Waals surface area (Å²) in [5.41, 5.74) is 0. The molecule has 2 heteroatoms. The molecule has 0 bridgehead atoms. The fraction of sp³-hybridized carbons (Fsp3) is 1.00. The van der Waals surface area contributed by atoms with Crippen LogP contribution in [0.25, 0.3) is 0 Å². The molecule has 0 amide bonds. The Bertz CT molecular complexity index is 148. The zero-order chi connectivity index (χ0) is 9.64. The molecule has 1 saturated carbocycles. The van der Waals surface area contributed by atoms with Crippen molar-refractivity contribution in [2.24, 2.45) is 0 Å². The number of piperidine rings is 1. The van der Waals surface area contributed by atoms with Gasteiger partial charge >= 0.3 is 0 Å². The normalized spacial score (nSPS) is 28.7. The van der Waals surface area contributed by atoms with Crippen LogP contribution in [-0.4, -0.2) is 25.2 Å². The third kappa shape index (κ3) is 3.25. The van der Waals surface area contributed by atoms with E-state index in [1.807, 2.05) is 0 Å². The van der Waals surface area contributed by atoms with Crippen LogP contribution < -0.4 is 10.6 Å². The van der Waals surface area contributed by atoms with E-state index in [2.05, 4.69) is 10.6 Å². The highest BCUT2D eigenvalue weighted by atomic mass is 14.9. The second kappa shape index (κ2) is 5.72. The van der Waals surface area contributed by atoms with Gasteiger partial charge in [-0.05, 0) is 51.6 Å². The lowest BCUT2D eigenvalue weighted by Crippen LogP contribution is -2.37. The Kier molecular flexibility index (Phi) is 4.26. The average molecular weight is 196 g/mol. The van der Waals surface area contributed by atoms with E-state index < -0.39 is 0 Å². The van der Waals surface area contributed by atoms with Gasteiger partial charge in [0.1, 0.15) is 0 Å². The first-order valence-electron chi connectivity index (χ1n) is 6.42. The first-order valence-corrected chi connectivity index (χ1v) is 6.42. The van der Waals surface area contributed by atoms with Gasteiger partial charge in [-0.15, -0.1) is 0 Å². The zero-order valence-corrected chi connectivity index (χ0v) is 9.23. The molecule has 2 aliphatic rings. The van der Waals surface area contributed by atoms with Gasteiger partial charge in [0.15, 0.2) is 0 Å². The summed E-state index contributed by atoms with van der Waals surface area (Å²) in [6.07, 6.45) is 11.2. The molecule has 82 valence electrons. The van der Waals surface area contributed by atoms with Crippen LogP contribution in [0.1, 0.15) is 51.4 Å². The molecule has 1 heterocycles. The Labute approximate surface area is 87.8 Å². The van der Waals surface area contributed by atoms with E-state index >= 15 is 0 Å². The summed E-state index contributed by atoms with van der Waals surface area (Å²) in [5, 5.41) is 7.24. The Balaban J connectivity index is 1.45. The smallest absolute Gasteiger partial charge is 0.00675 e. The van der Waals surface area contributed by atoms with Crippen molar-refractivity contribution in [3.05, 3.63) is 0 Å². The molecule has 1 aliphatic carbocycles. The SMILES string of the molecule is C1CCC(CCCNC2CCC2)NC1. The van der Waals surface area contributed by atoms with Gasteiger partial charge in [-0.1, -0.05) is 12.8 Å². The van der Waals surface area contributed by atoms with E-state index in [1.54, 1.807) is 0 Å². The van der Waals surface area contributed by atoms with Gasteiger partial charge in [0, 0.05) is 12.1 Å². The van der Waals surface area contributed by atoms with Gasteiger partial charge in [-0.3, -0.25) is 0 Å². The maximum atomic E-state index is 3.63. The van der Waals surface area contributed by atoms with Crippen LogP contribution in [0, 0.1) is 0 Å². The van der Waals surface area contributed by atoms with Crippen LogP contribution in [0.5, 0.6) is 0 Å². The highest BCUT2D eigenvalue weighted by Crippen LogP contribution is 2.18. The molecule has 1 aliphatic heterocycles. The second-order valence-corrected chi connectivity index (χ2v) is 4.87. The van der Waals surface area contributed by atoms with Crippen LogP contribution in [0.15, 0.2) is 0 Å². The average Bonchev–Trinajstić information content (AvgIpc) is 2.16. The molecule has 2 fully saturated rings. The molecule has 0 radical (unpaired) electrons. The molecule has 0 aromatic heterocycles. The predicted octanol–water partition coefficient (Wildman–Crippen LogP) is 2.05. The van der Waals surface area contributed by atoms with Gasteiger partial charge in [-0.25, -0.2) is 0 Å². The highest BCUT2D eigenvalue weighted by molar-refractivity contribution is 4.77. The Morgan fingerprint density at radius 2 is 2.00 bits per heavy atom. The molecule has 2 nitrogen and oxygen atoms in total. The summed E-state index contributed by atoms with van der Waals surface area (Å²) >= 11 is 0. The predicted molar refractivity (Wildman–Crippen MR) is 60.5 cm³/mol. The molecule has 1 unspecified atom stereocenters. The summed E-state index contributed by atoms with van der Waals surface area (Å²) in [4.78, 5) is 0. The molecular formula is C12H24N2. The van der Waals surface area contributed by atoms with Crippen molar-refractivity contribution in [1.29, 1.82) is 0 Å². The third-order valence-electron chi connectivity index (χ3n) is 3.68. The molecule has 1 saturated heterocycles. The molecule has 0 aromatic carbocycles. The fourth-order valence-corrected chi connectivity index (χ4v) is 2.44. The molecule has 2 rings (SSSR count). The van der Waals surface area contributed by atoms with Crippen molar-refractivity contribution in [3.8, 4) is 0 Å². The molecule has 14 heavy (non-hydrogen) atoms. The van der Waals surface area contributed by atoms with Gasteiger partial charge in [-0.2, -0.15) is 0 Å². The highest BCUT2D eigenvalue weighted by Gasteiger charge is 2.16. The topological polar surface area (TPSA) is 24.1 Å². The molecular weight excluding hydrogens is 172 g/mol. The third-order valence-corrected chi connectivity index (χ3v) is 3.68. The lowest BCUT2D eigenvalue weighted by Gasteiger charge is -2.27. The van der Waals surface area contributed by atoms with Crippen LogP contribution in [0.4, 0.5) is 0 Å². The Morgan fingerprint density at radius 1 is 1.07 bits per heavy atom. The van der Waals surface area contributed by atoms with Crippen molar-refractivity contribution in [2.45, 2.75) is 63.5 Å². The first kappa shape index (κ1) is 10.4. The minimum Gasteiger partial charge on any atom is -0.314 e. The second-order valence-electron chi connectivity index (χ2n) is 4.87. The minimum absolute atomic E-state index is 0.826. The van der Waals surface area contributed by atoms with Crippen molar-refractivity contribution < 1.29 is 0 Å². The van der Waals surface area contributed by atoms with E-state index in [1.165, 1.54) is 64.5 Å². The Hall–Kier alpha value is -0.0800. The first-order chi connectivity index (χ1) is 6.95. The summed E-state index contributed by atoms with van der Waals surface area (Å²) < 4.78 is 0. The van der Waals surface area contributed by atoms with E-state index in [4.69, 9.17) is 0 Å². The van der Waals surface area contributed by atoms with Gasteiger partial charge in [0.05, 0.1) is 0 Å². The quantitative estimate of drug-likeness (QED) is 0.658. The standard InChI is InChI=1S/C12H24N2/c1-2-9-13-11(5-1)8-4-10-14-12-6-3-7-12/h11-14H,1-10H2. The maximum absolute atomic E-state index is 3.63. The van der Waals surface area contributed by atoms with Gasteiger partial charge < -0.3 is 10.6 Å². The number of hydrogen-bond donors (Lipinski definition) is 2. The molecule has 2 N–H and O–H groups in total. The van der Waals surface area contributed by atoms with Crippen molar-refractivity contribution in [2.75, 3.05) is 13.1 Å². The lowest BCUT2D eigenvalue weighted by atomic mass is 9.93. The van der Waals surface area contributed by atoms with E-state index in [-0.39, 0.29) is 0 Å². The Morgan fingerprint density at radius 3 is 2.64 bits per heavy atom. The lowest BCUT2D eigenvalue weighted by molar-refractivity contribution is 0.325. The number of nitrogens with one attached hydrogen (secondary N) is 2. The zero-order valence-electron chi connectivity index (χ0n) is 9.23. The molecule has 0 spiro atoms. The molecule has 0 aromatic rings. The monoisotopic (exact) mass is 196 g/mol. The van der Waals surface area contributed by atoms with Crippen molar-refractivity contribution in [3.63, 3.8) is 0 Å². The van der Waals surface area contributed by atoms with Gasteiger partial charge in [0.2, 0.25) is 0 Å². The van der Waals surface area contributed by atoms with E-state index in [0.717, 1.165) is 12.1 Å². The van der Waals surface area contributed by atoms with E-state index in [0.29, 0.717) is 0 Å². The van der Waals surface area contributed by atoms with Crippen LogP contribution in [-0.2, 0) is 0 Å². The van der Waals surface area contributed by atoms with Crippen molar-refractivity contribution in [1.82, 2.24) is 10.6 Å².